The summed E-state index contributed by atoms with van der Waals surface area (Å²) in [5, 5.41) is 0.726. The summed E-state index contributed by atoms with van der Waals surface area (Å²) >= 11 is 9.91. The molecular weight excluding hydrogens is 478 g/mol. The minimum Gasteiger partial charge on any atom is -0.277 e. The van der Waals surface area contributed by atoms with Gasteiger partial charge in [0.05, 0.1) is 6.04 Å². The summed E-state index contributed by atoms with van der Waals surface area (Å²) in [5.41, 5.74) is 4.61. The average molecular weight is 501 g/mol. The smallest absolute Gasteiger partial charge is 0.0980 e. The molecule has 3 heteroatoms. The van der Waals surface area contributed by atoms with Crippen LogP contribution in [0, 0.1) is 11.8 Å². The van der Waals surface area contributed by atoms with Gasteiger partial charge < -0.3 is 0 Å². The molecule has 0 fully saturated rings. The molecule has 0 aromatic heterocycles. The summed E-state index contributed by atoms with van der Waals surface area (Å²) in [6.07, 6.45) is 0. The van der Waals surface area contributed by atoms with Crippen molar-refractivity contribution in [2.45, 2.75) is 19.1 Å². The third-order valence-electron chi connectivity index (χ3n) is 5.24. The maximum Gasteiger partial charge on any atom is 0.0980 e. The van der Waals surface area contributed by atoms with Crippen molar-refractivity contribution < 1.29 is 0 Å². The Morgan fingerprint density at radius 2 is 1.34 bits per heavy atom. The maximum absolute atomic E-state index is 6.19. The minimum absolute atomic E-state index is 0.0974. The number of benzene rings is 4. The van der Waals surface area contributed by atoms with Crippen LogP contribution < -0.4 is 0 Å². The molecular formula is C29H23BrClN. The Bertz CT molecular complexity index is 1190. The lowest BCUT2D eigenvalue weighted by atomic mass is 10.0. The second kappa shape index (κ2) is 11.2. The SMILES string of the molecule is Clc1ccc(C(C#Cc2ccccc2)N(Cc2ccccc2)Cc2ccccc2Br)cc1. The minimum atomic E-state index is -0.0974. The molecule has 158 valence electrons. The highest BCUT2D eigenvalue weighted by atomic mass is 79.9. The Kier molecular flexibility index (Phi) is 7.80. The highest BCUT2D eigenvalue weighted by Crippen LogP contribution is 2.28. The lowest BCUT2D eigenvalue weighted by Gasteiger charge is -2.29. The molecule has 4 aromatic rings. The van der Waals surface area contributed by atoms with Crippen molar-refractivity contribution in [1.82, 2.24) is 4.90 Å². The number of halogens is 2. The van der Waals surface area contributed by atoms with E-state index in [9.17, 15) is 0 Å². The van der Waals surface area contributed by atoms with Crippen molar-refractivity contribution in [3.05, 3.63) is 141 Å². The van der Waals surface area contributed by atoms with Gasteiger partial charge in [-0.2, -0.15) is 0 Å². The first-order valence-corrected chi connectivity index (χ1v) is 11.7. The van der Waals surface area contributed by atoms with Gasteiger partial charge in [0.1, 0.15) is 0 Å². The van der Waals surface area contributed by atoms with Crippen LogP contribution in [-0.2, 0) is 13.1 Å². The molecule has 0 aliphatic carbocycles. The Hall–Kier alpha value is -2.83. The first-order valence-electron chi connectivity index (χ1n) is 10.5. The fourth-order valence-corrected chi connectivity index (χ4v) is 4.14. The van der Waals surface area contributed by atoms with E-state index in [1.807, 2.05) is 54.6 Å². The lowest BCUT2D eigenvalue weighted by molar-refractivity contribution is 0.218. The van der Waals surface area contributed by atoms with Gasteiger partial charge >= 0.3 is 0 Å². The largest absolute Gasteiger partial charge is 0.277 e. The Balaban J connectivity index is 1.76. The Labute approximate surface area is 203 Å². The summed E-state index contributed by atoms with van der Waals surface area (Å²) in [5.74, 6) is 6.94. The molecule has 0 N–H and O–H groups in total. The molecule has 0 bridgehead atoms. The maximum atomic E-state index is 6.19. The molecule has 0 spiro atoms. The first-order chi connectivity index (χ1) is 15.7. The normalized spacial score (nSPS) is 11.6. The van der Waals surface area contributed by atoms with Gasteiger partial charge in [0, 0.05) is 28.1 Å². The molecule has 0 aliphatic rings. The van der Waals surface area contributed by atoms with Crippen LogP contribution in [0.4, 0.5) is 0 Å². The van der Waals surface area contributed by atoms with E-state index in [1.54, 1.807) is 0 Å². The molecule has 0 saturated carbocycles. The zero-order valence-electron chi connectivity index (χ0n) is 17.6. The number of hydrogen-bond donors (Lipinski definition) is 0. The van der Waals surface area contributed by atoms with Crippen molar-refractivity contribution in [2.75, 3.05) is 0 Å². The van der Waals surface area contributed by atoms with Gasteiger partial charge in [-0.1, -0.05) is 118 Å². The van der Waals surface area contributed by atoms with Crippen LogP contribution in [0.1, 0.15) is 28.3 Å². The number of rotatable bonds is 6. The van der Waals surface area contributed by atoms with Crippen LogP contribution in [0.3, 0.4) is 0 Å². The van der Waals surface area contributed by atoms with Crippen LogP contribution >= 0.6 is 27.5 Å². The zero-order chi connectivity index (χ0) is 22.2. The molecule has 0 amide bonds. The third-order valence-corrected chi connectivity index (χ3v) is 6.26. The van der Waals surface area contributed by atoms with Crippen molar-refractivity contribution in [3.63, 3.8) is 0 Å². The number of nitrogens with zero attached hydrogens (tertiary/aromatic N) is 1. The fourth-order valence-electron chi connectivity index (χ4n) is 3.61. The van der Waals surface area contributed by atoms with E-state index in [0.717, 1.165) is 33.7 Å². The third kappa shape index (κ3) is 6.11. The fraction of sp³-hybridized carbons (Fsp3) is 0.103. The predicted octanol–water partition coefficient (Wildman–Crippen LogP) is 7.90. The molecule has 32 heavy (non-hydrogen) atoms. The number of hydrogen-bond acceptors (Lipinski definition) is 1. The lowest BCUT2D eigenvalue weighted by Crippen LogP contribution is -2.27. The van der Waals surface area contributed by atoms with Gasteiger partial charge in [0.25, 0.3) is 0 Å². The Morgan fingerprint density at radius 3 is 2.03 bits per heavy atom. The first kappa shape index (κ1) is 22.4. The molecule has 0 radical (unpaired) electrons. The summed E-state index contributed by atoms with van der Waals surface area (Å²) in [7, 11) is 0. The second-order valence-corrected chi connectivity index (χ2v) is 8.86. The van der Waals surface area contributed by atoms with E-state index >= 15 is 0 Å². The summed E-state index contributed by atoms with van der Waals surface area (Å²) in [6.45, 7) is 1.53. The van der Waals surface area contributed by atoms with E-state index in [1.165, 1.54) is 11.1 Å². The van der Waals surface area contributed by atoms with Crippen molar-refractivity contribution in [3.8, 4) is 11.8 Å². The molecule has 1 atom stereocenters. The van der Waals surface area contributed by atoms with Crippen molar-refractivity contribution >= 4 is 27.5 Å². The van der Waals surface area contributed by atoms with Gasteiger partial charge in [-0.25, -0.2) is 0 Å². The quantitative estimate of drug-likeness (QED) is 0.243. The molecule has 1 unspecified atom stereocenters. The van der Waals surface area contributed by atoms with Gasteiger partial charge in [0.2, 0.25) is 0 Å². The van der Waals surface area contributed by atoms with Gasteiger partial charge in [0.15, 0.2) is 0 Å². The molecule has 4 aromatic carbocycles. The van der Waals surface area contributed by atoms with Gasteiger partial charge in [-0.15, -0.1) is 0 Å². The van der Waals surface area contributed by atoms with E-state index in [-0.39, 0.29) is 6.04 Å². The van der Waals surface area contributed by atoms with Gasteiger partial charge in [-0.3, -0.25) is 4.90 Å². The summed E-state index contributed by atoms with van der Waals surface area (Å²) in [6, 6.07) is 37.0. The highest BCUT2D eigenvalue weighted by Gasteiger charge is 2.20. The molecule has 0 heterocycles. The standard InChI is InChI=1S/C29H23BrClN/c30-28-14-8-7-13-26(28)22-32(21-24-11-5-2-6-12-24)29(25-16-18-27(31)19-17-25)20-15-23-9-3-1-4-10-23/h1-14,16-19,29H,21-22H2. The average Bonchev–Trinajstić information content (AvgIpc) is 2.83. The summed E-state index contributed by atoms with van der Waals surface area (Å²) < 4.78 is 1.10. The van der Waals surface area contributed by atoms with Gasteiger partial charge in [-0.05, 0) is 47.0 Å². The Morgan fingerprint density at radius 1 is 0.719 bits per heavy atom. The summed E-state index contributed by atoms with van der Waals surface area (Å²) in [4.78, 5) is 2.41. The van der Waals surface area contributed by atoms with E-state index in [0.29, 0.717) is 0 Å². The van der Waals surface area contributed by atoms with Crippen LogP contribution in [0.15, 0.2) is 114 Å². The van der Waals surface area contributed by atoms with Crippen molar-refractivity contribution in [2.24, 2.45) is 0 Å². The van der Waals surface area contributed by atoms with Crippen molar-refractivity contribution in [1.29, 1.82) is 0 Å². The van der Waals surface area contributed by atoms with Crippen LogP contribution in [0.25, 0.3) is 0 Å². The van der Waals surface area contributed by atoms with Crippen LogP contribution in [-0.4, -0.2) is 4.90 Å². The molecule has 1 nitrogen and oxygen atoms in total. The molecule has 0 saturated heterocycles. The zero-order valence-corrected chi connectivity index (χ0v) is 19.9. The van der Waals surface area contributed by atoms with E-state index < -0.39 is 0 Å². The monoisotopic (exact) mass is 499 g/mol. The highest BCUT2D eigenvalue weighted by molar-refractivity contribution is 9.10. The van der Waals surface area contributed by atoms with Crippen LogP contribution in [0.2, 0.25) is 5.02 Å². The molecule has 4 rings (SSSR count). The predicted molar refractivity (Wildman–Crippen MR) is 137 cm³/mol. The topological polar surface area (TPSA) is 3.24 Å². The molecule has 0 aliphatic heterocycles. The second-order valence-electron chi connectivity index (χ2n) is 7.57. The van der Waals surface area contributed by atoms with E-state index in [2.05, 4.69) is 87.3 Å². The van der Waals surface area contributed by atoms with Crippen LogP contribution in [0.5, 0.6) is 0 Å². The van der Waals surface area contributed by atoms with E-state index in [4.69, 9.17) is 11.6 Å².